The zero-order valence-corrected chi connectivity index (χ0v) is 11.5. The van der Waals surface area contributed by atoms with E-state index in [1.807, 2.05) is 7.05 Å². The first-order chi connectivity index (χ1) is 8.74. The summed E-state index contributed by atoms with van der Waals surface area (Å²) in [6.45, 7) is 2.19. The third kappa shape index (κ3) is 3.12. The Bertz CT molecular complexity index is 352. The van der Waals surface area contributed by atoms with Crippen molar-refractivity contribution >= 4 is 0 Å². The van der Waals surface area contributed by atoms with Crippen LogP contribution in [-0.4, -0.2) is 18.3 Å². The Morgan fingerprint density at radius 2 is 1.78 bits per heavy atom. The third-order valence-electron chi connectivity index (χ3n) is 4.27. The van der Waals surface area contributed by atoms with Gasteiger partial charge in [-0.15, -0.1) is 0 Å². The number of aryl methyl sites for hydroxylation is 1. The van der Waals surface area contributed by atoms with Gasteiger partial charge in [0.05, 0.1) is 6.10 Å². The summed E-state index contributed by atoms with van der Waals surface area (Å²) >= 11 is 0. The lowest BCUT2D eigenvalue weighted by molar-refractivity contribution is 0.0981. The fourth-order valence-electron chi connectivity index (χ4n) is 3.07. The summed E-state index contributed by atoms with van der Waals surface area (Å²) < 4.78 is 0. The maximum atomic E-state index is 9.60. The monoisotopic (exact) mass is 247 g/mol. The zero-order valence-electron chi connectivity index (χ0n) is 11.5. The molecule has 1 unspecified atom stereocenters. The van der Waals surface area contributed by atoms with Crippen molar-refractivity contribution < 1.29 is 5.11 Å². The highest BCUT2D eigenvalue weighted by molar-refractivity contribution is 5.25. The number of aliphatic hydroxyl groups is 1. The van der Waals surface area contributed by atoms with Crippen molar-refractivity contribution in [2.24, 2.45) is 5.92 Å². The lowest BCUT2D eigenvalue weighted by Crippen LogP contribution is -2.30. The average Bonchev–Trinajstić information content (AvgIpc) is 2.42. The summed E-state index contributed by atoms with van der Waals surface area (Å²) in [5.74, 6) is 0.658. The second-order valence-corrected chi connectivity index (χ2v) is 5.43. The van der Waals surface area contributed by atoms with Gasteiger partial charge in [-0.3, -0.25) is 0 Å². The molecule has 0 aliphatic heterocycles. The average molecular weight is 247 g/mol. The first-order valence-corrected chi connectivity index (χ1v) is 7.18. The maximum Gasteiger partial charge on any atom is 0.0540 e. The van der Waals surface area contributed by atoms with Crippen LogP contribution in [0.15, 0.2) is 24.3 Å². The van der Waals surface area contributed by atoms with Crippen LogP contribution in [0.1, 0.15) is 49.8 Å². The summed E-state index contributed by atoms with van der Waals surface area (Å²) in [6.07, 6.45) is 5.19. The van der Waals surface area contributed by atoms with Gasteiger partial charge in [0.15, 0.2) is 0 Å². The van der Waals surface area contributed by atoms with Crippen LogP contribution in [0.25, 0.3) is 0 Å². The molecular weight excluding hydrogens is 222 g/mol. The highest BCUT2D eigenvalue weighted by Gasteiger charge is 2.26. The van der Waals surface area contributed by atoms with Crippen LogP contribution in [0.3, 0.4) is 0 Å². The van der Waals surface area contributed by atoms with Crippen molar-refractivity contribution in [1.29, 1.82) is 0 Å². The predicted molar refractivity (Wildman–Crippen MR) is 75.6 cm³/mol. The molecule has 100 valence electrons. The number of benzene rings is 1. The molecule has 1 fully saturated rings. The smallest absolute Gasteiger partial charge is 0.0540 e. The van der Waals surface area contributed by atoms with Gasteiger partial charge in [-0.1, -0.05) is 31.2 Å². The van der Waals surface area contributed by atoms with Gasteiger partial charge in [0.25, 0.3) is 0 Å². The first-order valence-electron chi connectivity index (χ1n) is 7.18. The van der Waals surface area contributed by atoms with Gasteiger partial charge >= 0.3 is 0 Å². The molecule has 0 spiro atoms. The van der Waals surface area contributed by atoms with Crippen molar-refractivity contribution in [3.63, 3.8) is 0 Å². The van der Waals surface area contributed by atoms with Crippen LogP contribution >= 0.6 is 0 Å². The van der Waals surface area contributed by atoms with E-state index in [1.165, 1.54) is 11.1 Å². The minimum atomic E-state index is -0.0683. The molecule has 1 aliphatic rings. The van der Waals surface area contributed by atoms with Crippen LogP contribution in [0.2, 0.25) is 0 Å². The van der Waals surface area contributed by atoms with E-state index >= 15 is 0 Å². The Morgan fingerprint density at radius 1 is 1.17 bits per heavy atom. The Kier molecular flexibility index (Phi) is 4.79. The largest absolute Gasteiger partial charge is 0.393 e. The molecule has 18 heavy (non-hydrogen) atoms. The van der Waals surface area contributed by atoms with E-state index in [0.717, 1.165) is 32.1 Å². The zero-order chi connectivity index (χ0) is 13.0. The SMILES string of the molecule is CCc1ccc(C(NC)C2CCC(O)CC2)cc1. The predicted octanol–water partition coefficient (Wildman–Crippen LogP) is 3.06. The molecule has 1 saturated carbocycles. The first kappa shape index (κ1) is 13.6. The lowest BCUT2D eigenvalue weighted by Gasteiger charge is -2.32. The molecule has 0 bridgehead atoms. The number of rotatable bonds is 4. The number of aliphatic hydroxyl groups excluding tert-OH is 1. The minimum Gasteiger partial charge on any atom is -0.393 e. The molecule has 2 nitrogen and oxygen atoms in total. The van der Waals surface area contributed by atoms with E-state index in [1.54, 1.807) is 0 Å². The molecule has 0 heterocycles. The molecule has 1 atom stereocenters. The fourth-order valence-corrected chi connectivity index (χ4v) is 3.07. The van der Waals surface area contributed by atoms with Crippen molar-refractivity contribution in [2.45, 2.75) is 51.2 Å². The summed E-state index contributed by atoms with van der Waals surface area (Å²) in [5.41, 5.74) is 2.78. The van der Waals surface area contributed by atoms with Crippen LogP contribution in [0.4, 0.5) is 0 Å². The van der Waals surface area contributed by atoms with E-state index in [0.29, 0.717) is 12.0 Å². The highest BCUT2D eigenvalue weighted by Crippen LogP contribution is 2.34. The molecule has 0 saturated heterocycles. The summed E-state index contributed by atoms with van der Waals surface area (Å²) in [7, 11) is 2.05. The van der Waals surface area contributed by atoms with Crippen LogP contribution < -0.4 is 5.32 Å². The second-order valence-electron chi connectivity index (χ2n) is 5.43. The molecule has 1 aromatic carbocycles. The molecule has 2 heteroatoms. The minimum absolute atomic E-state index is 0.0683. The van der Waals surface area contributed by atoms with E-state index in [4.69, 9.17) is 0 Å². The summed E-state index contributed by atoms with van der Waals surface area (Å²) in [5, 5.41) is 13.1. The number of hydrogen-bond donors (Lipinski definition) is 2. The molecule has 2 N–H and O–H groups in total. The van der Waals surface area contributed by atoms with E-state index < -0.39 is 0 Å². The van der Waals surface area contributed by atoms with Gasteiger partial charge < -0.3 is 10.4 Å². The van der Waals surface area contributed by atoms with Crippen molar-refractivity contribution in [3.05, 3.63) is 35.4 Å². The summed E-state index contributed by atoms with van der Waals surface area (Å²) in [6, 6.07) is 9.41. The van der Waals surface area contributed by atoms with Crippen LogP contribution in [-0.2, 0) is 6.42 Å². The van der Waals surface area contributed by atoms with Gasteiger partial charge in [-0.05, 0) is 56.2 Å². The Hall–Kier alpha value is -0.860. The standard InChI is InChI=1S/C16H25NO/c1-3-12-4-6-13(7-5-12)16(17-2)14-8-10-15(18)11-9-14/h4-7,14-18H,3,8-11H2,1-2H3. The molecule has 0 aromatic heterocycles. The van der Waals surface area contributed by atoms with Gasteiger partial charge in [0, 0.05) is 6.04 Å². The molecule has 0 radical (unpaired) electrons. The normalized spacial score (nSPS) is 25.9. The molecule has 2 rings (SSSR count). The third-order valence-corrected chi connectivity index (χ3v) is 4.27. The van der Waals surface area contributed by atoms with Crippen molar-refractivity contribution in [3.8, 4) is 0 Å². The topological polar surface area (TPSA) is 32.3 Å². The number of hydrogen-bond acceptors (Lipinski definition) is 2. The van der Waals surface area contributed by atoms with Gasteiger partial charge in [-0.2, -0.15) is 0 Å². The lowest BCUT2D eigenvalue weighted by atomic mass is 9.80. The highest BCUT2D eigenvalue weighted by atomic mass is 16.3. The Labute approximate surface area is 110 Å². The molecule has 1 aliphatic carbocycles. The molecular formula is C16H25NO. The van der Waals surface area contributed by atoms with Gasteiger partial charge in [0.2, 0.25) is 0 Å². The van der Waals surface area contributed by atoms with Gasteiger partial charge in [0.1, 0.15) is 0 Å². The number of nitrogens with one attached hydrogen (secondary N) is 1. The van der Waals surface area contributed by atoms with Crippen molar-refractivity contribution in [2.75, 3.05) is 7.05 Å². The Morgan fingerprint density at radius 3 is 2.28 bits per heavy atom. The molecule has 0 amide bonds. The summed E-state index contributed by atoms with van der Waals surface area (Å²) in [4.78, 5) is 0. The van der Waals surface area contributed by atoms with E-state index in [-0.39, 0.29) is 6.10 Å². The van der Waals surface area contributed by atoms with Gasteiger partial charge in [-0.25, -0.2) is 0 Å². The molecule has 1 aromatic rings. The maximum absolute atomic E-state index is 9.60. The van der Waals surface area contributed by atoms with E-state index in [9.17, 15) is 5.11 Å². The van der Waals surface area contributed by atoms with E-state index in [2.05, 4.69) is 36.5 Å². The fraction of sp³-hybridized carbons (Fsp3) is 0.625. The second kappa shape index (κ2) is 6.35. The van der Waals surface area contributed by atoms with Crippen LogP contribution in [0, 0.1) is 5.92 Å². The van der Waals surface area contributed by atoms with Crippen molar-refractivity contribution in [1.82, 2.24) is 5.32 Å². The Balaban J connectivity index is 2.07. The quantitative estimate of drug-likeness (QED) is 0.857. The van der Waals surface area contributed by atoms with Crippen LogP contribution in [0.5, 0.6) is 0 Å².